The number of hydrogen-bond donors (Lipinski definition) is 2. The van der Waals surface area contributed by atoms with Crippen molar-refractivity contribution in [1.29, 1.82) is 0 Å². The molecule has 0 bridgehead atoms. The van der Waals surface area contributed by atoms with E-state index in [1.807, 2.05) is 0 Å². The number of aromatic nitrogens is 2. The van der Waals surface area contributed by atoms with Crippen LogP contribution in [0.15, 0.2) is 17.2 Å². The van der Waals surface area contributed by atoms with Gasteiger partial charge in [-0.3, -0.25) is 9.59 Å². The average molecular weight is 292 g/mol. The minimum atomic E-state index is -0.159. The van der Waals surface area contributed by atoms with Crippen molar-refractivity contribution in [1.82, 2.24) is 20.2 Å². The molecular weight excluding hydrogens is 268 g/mol. The van der Waals surface area contributed by atoms with Gasteiger partial charge >= 0.3 is 0 Å². The van der Waals surface area contributed by atoms with Gasteiger partial charge in [0.15, 0.2) is 0 Å². The van der Waals surface area contributed by atoms with Gasteiger partial charge in [0.1, 0.15) is 0 Å². The SMILES string of the molecule is CN1CCCC(CCC(=O)NCCc2cc(=O)[nH]cn2)C1. The van der Waals surface area contributed by atoms with Gasteiger partial charge in [-0.15, -0.1) is 0 Å². The molecule has 2 rings (SSSR count). The summed E-state index contributed by atoms with van der Waals surface area (Å²) in [6, 6.07) is 1.46. The van der Waals surface area contributed by atoms with Crippen molar-refractivity contribution in [3.8, 4) is 0 Å². The molecule has 0 spiro atoms. The fourth-order valence-corrected chi connectivity index (χ4v) is 2.81. The zero-order chi connectivity index (χ0) is 15.1. The quantitative estimate of drug-likeness (QED) is 0.802. The van der Waals surface area contributed by atoms with Gasteiger partial charge in [-0.05, 0) is 38.8 Å². The molecule has 0 aromatic carbocycles. The summed E-state index contributed by atoms with van der Waals surface area (Å²) in [4.78, 5) is 31.8. The second-order valence-electron chi connectivity index (χ2n) is 5.81. The molecular formula is C15H24N4O2. The smallest absolute Gasteiger partial charge is 0.250 e. The van der Waals surface area contributed by atoms with Gasteiger partial charge in [0.25, 0.3) is 5.56 Å². The molecule has 6 nitrogen and oxygen atoms in total. The second-order valence-corrected chi connectivity index (χ2v) is 5.81. The molecule has 1 amide bonds. The maximum atomic E-state index is 11.8. The summed E-state index contributed by atoms with van der Waals surface area (Å²) in [6.45, 7) is 2.80. The lowest BCUT2D eigenvalue weighted by Crippen LogP contribution is -2.33. The maximum Gasteiger partial charge on any atom is 0.250 e. The van der Waals surface area contributed by atoms with E-state index >= 15 is 0 Å². The van der Waals surface area contributed by atoms with Crippen molar-refractivity contribution < 1.29 is 4.79 Å². The summed E-state index contributed by atoms with van der Waals surface area (Å²) in [5.74, 6) is 0.733. The molecule has 1 saturated heterocycles. The van der Waals surface area contributed by atoms with Gasteiger partial charge < -0.3 is 15.2 Å². The normalized spacial score (nSPS) is 19.4. The number of likely N-dealkylation sites (tertiary alicyclic amines) is 1. The van der Waals surface area contributed by atoms with Gasteiger partial charge in [-0.25, -0.2) is 4.98 Å². The van der Waals surface area contributed by atoms with Crippen LogP contribution in [0.3, 0.4) is 0 Å². The number of nitrogens with one attached hydrogen (secondary N) is 2. The molecule has 6 heteroatoms. The van der Waals surface area contributed by atoms with Gasteiger partial charge in [0.05, 0.1) is 6.33 Å². The fraction of sp³-hybridized carbons (Fsp3) is 0.667. The lowest BCUT2D eigenvalue weighted by Gasteiger charge is -2.29. The van der Waals surface area contributed by atoms with Crippen molar-refractivity contribution in [2.45, 2.75) is 32.1 Å². The monoisotopic (exact) mass is 292 g/mol. The standard InChI is InChI=1S/C15H24N4O2/c1-19-8-2-3-12(10-19)4-5-14(20)16-7-6-13-9-15(21)18-11-17-13/h9,11-12H,2-8,10H2,1H3,(H,16,20)(H,17,18,21). The minimum Gasteiger partial charge on any atom is -0.356 e. The first kappa shape index (κ1) is 15.7. The summed E-state index contributed by atoms with van der Waals surface area (Å²) < 4.78 is 0. The Balaban J connectivity index is 1.62. The molecule has 1 atom stereocenters. The van der Waals surface area contributed by atoms with E-state index in [1.54, 1.807) is 0 Å². The first-order valence-corrected chi connectivity index (χ1v) is 7.62. The number of nitrogens with zero attached hydrogens (tertiary/aromatic N) is 2. The lowest BCUT2D eigenvalue weighted by molar-refractivity contribution is -0.121. The molecule has 21 heavy (non-hydrogen) atoms. The number of carbonyl (C=O) groups is 1. The summed E-state index contributed by atoms with van der Waals surface area (Å²) >= 11 is 0. The summed E-state index contributed by atoms with van der Waals surface area (Å²) in [6.07, 6.45) is 5.98. The highest BCUT2D eigenvalue weighted by Crippen LogP contribution is 2.19. The zero-order valence-corrected chi connectivity index (χ0v) is 12.6. The molecule has 1 unspecified atom stereocenters. The minimum absolute atomic E-state index is 0.0908. The summed E-state index contributed by atoms with van der Waals surface area (Å²) in [7, 11) is 2.14. The highest BCUT2D eigenvalue weighted by molar-refractivity contribution is 5.75. The highest BCUT2D eigenvalue weighted by atomic mass is 16.1. The Kier molecular flexibility index (Phi) is 5.92. The predicted molar refractivity (Wildman–Crippen MR) is 81.0 cm³/mol. The largest absolute Gasteiger partial charge is 0.356 e. The van der Waals surface area contributed by atoms with Crippen LogP contribution in [0.25, 0.3) is 0 Å². The van der Waals surface area contributed by atoms with E-state index in [1.165, 1.54) is 31.8 Å². The molecule has 1 aromatic heterocycles. The molecule has 1 aliphatic rings. The topological polar surface area (TPSA) is 78.1 Å². The van der Waals surface area contributed by atoms with E-state index in [4.69, 9.17) is 0 Å². The first-order valence-electron chi connectivity index (χ1n) is 7.62. The summed E-state index contributed by atoms with van der Waals surface area (Å²) in [5, 5.41) is 2.90. The van der Waals surface area contributed by atoms with Crippen LogP contribution in [0.5, 0.6) is 0 Å². The molecule has 0 aliphatic carbocycles. The van der Waals surface area contributed by atoms with Crippen LogP contribution in [0, 0.1) is 5.92 Å². The van der Waals surface area contributed by atoms with Crippen molar-refractivity contribution in [3.05, 3.63) is 28.4 Å². The Labute approximate surface area is 125 Å². The summed E-state index contributed by atoms with van der Waals surface area (Å²) in [5.41, 5.74) is 0.542. The third-order valence-electron chi connectivity index (χ3n) is 3.94. The molecule has 2 heterocycles. The average Bonchev–Trinajstić information content (AvgIpc) is 2.45. The molecule has 116 valence electrons. The van der Waals surface area contributed by atoms with Crippen molar-refractivity contribution in [2.24, 2.45) is 5.92 Å². The second kappa shape index (κ2) is 7.93. The third-order valence-corrected chi connectivity index (χ3v) is 3.94. The van der Waals surface area contributed by atoms with Gasteiger partial charge in [0, 0.05) is 37.7 Å². The van der Waals surface area contributed by atoms with E-state index in [-0.39, 0.29) is 11.5 Å². The fourth-order valence-electron chi connectivity index (χ4n) is 2.81. The first-order chi connectivity index (χ1) is 10.1. The highest BCUT2D eigenvalue weighted by Gasteiger charge is 2.17. The Morgan fingerprint density at radius 2 is 2.43 bits per heavy atom. The van der Waals surface area contributed by atoms with Gasteiger partial charge in [-0.2, -0.15) is 0 Å². The maximum absolute atomic E-state index is 11.8. The van der Waals surface area contributed by atoms with Crippen molar-refractivity contribution in [2.75, 3.05) is 26.7 Å². The molecule has 2 N–H and O–H groups in total. The zero-order valence-electron chi connectivity index (χ0n) is 12.6. The number of hydrogen-bond acceptors (Lipinski definition) is 4. The van der Waals surface area contributed by atoms with E-state index in [9.17, 15) is 9.59 Å². The Bertz CT molecular complexity index is 514. The van der Waals surface area contributed by atoms with Crippen LogP contribution < -0.4 is 10.9 Å². The van der Waals surface area contributed by atoms with E-state index in [2.05, 4.69) is 27.2 Å². The molecule has 1 aliphatic heterocycles. The van der Waals surface area contributed by atoms with Crippen LogP contribution in [0.1, 0.15) is 31.4 Å². The predicted octanol–water partition coefficient (Wildman–Crippen LogP) is 0.551. The van der Waals surface area contributed by atoms with Crippen LogP contribution in [-0.2, 0) is 11.2 Å². The van der Waals surface area contributed by atoms with Crippen molar-refractivity contribution in [3.63, 3.8) is 0 Å². The molecule has 1 fully saturated rings. The van der Waals surface area contributed by atoms with Gasteiger partial charge in [-0.1, -0.05) is 0 Å². The lowest BCUT2D eigenvalue weighted by atomic mass is 9.93. The Hall–Kier alpha value is -1.69. The van der Waals surface area contributed by atoms with Crippen LogP contribution in [0.4, 0.5) is 0 Å². The van der Waals surface area contributed by atoms with Crippen LogP contribution >= 0.6 is 0 Å². The number of H-pyrrole nitrogens is 1. The Morgan fingerprint density at radius 3 is 3.19 bits per heavy atom. The number of carbonyl (C=O) groups excluding carboxylic acids is 1. The van der Waals surface area contributed by atoms with Gasteiger partial charge in [0.2, 0.25) is 5.91 Å². The third kappa shape index (κ3) is 5.67. The van der Waals surface area contributed by atoms with E-state index in [0.29, 0.717) is 31.0 Å². The number of piperidine rings is 1. The molecule has 1 aromatic rings. The van der Waals surface area contributed by atoms with E-state index in [0.717, 1.165) is 13.0 Å². The molecule has 0 saturated carbocycles. The molecule has 0 radical (unpaired) electrons. The number of amides is 1. The van der Waals surface area contributed by atoms with E-state index < -0.39 is 0 Å². The Morgan fingerprint density at radius 1 is 1.57 bits per heavy atom. The van der Waals surface area contributed by atoms with Crippen LogP contribution in [0.2, 0.25) is 0 Å². The van der Waals surface area contributed by atoms with Crippen LogP contribution in [-0.4, -0.2) is 47.5 Å². The number of aromatic amines is 1. The van der Waals surface area contributed by atoms with Crippen molar-refractivity contribution >= 4 is 5.91 Å². The number of rotatable bonds is 6.